The van der Waals surface area contributed by atoms with Gasteiger partial charge in [0, 0.05) is 18.0 Å². The maximum atomic E-state index is 12.1. The topological polar surface area (TPSA) is 76.4 Å². The molecule has 1 amide bonds. The van der Waals surface area contributed by atoms with Gasteiger partial charge in [-0.15, -0.1) is 11.8 Å². The van der Waals surface area contributed by atoms with Gasteiger partial charge >= 0.3 is 0 Å². The normalized spacial score (nSPS) is 16.4. The van der Waals surface area contributed by atoms with Crippen LogP contribution < -0.4 is 5.32 Å². The molecular weight excluding hydrogens is 286 g/mol. The van der Waals surface area contributed by atoms with E-state index < -0.39 is 0 Å². The molecular formula is C15H19N3O2S. The Morgan fingerprint density at radius 1 is 1.43 bits per heavy atom. The van der Waals surface area contributed by atoms with Gasteiger partial charge in [-0.3, -0.25) is 9.69 Å². The molecule has 1 aliphatic heterocycles. The van der Waals surface area contributed by atoms with Gasteiger partial charge in [0.25, 0.3) is 0 Å². The van der Waals surface area contributed by atoms with Crippen molar-refractivity contribution in [2.75, 3.05) is 30.7 Å². The lowest BCUT2D eigenvalue weighted by Crippen LogP contribution is -2.40. The fourth-order valence-corrected chi connectivity index (χ4v) is 2.95. The number of likely N-dealkylation sites (tertiary alicyclic amines) is 1. The van der Waals surface area contributed by atoms with Crippen molar-refractivity contribution in [1.82, 2.24) is 4.90 Å². The molecule has 1 saturated heterocycles. The highest BCUT2D eigenvalue weighted by molar-refractivity contribution is 7.99. The van der Waals surface area contributed by atoms with Gasteiger partial charge in [-0.1, -0.05) is 12.1 Å². The third-order valence-corrected chi connectivity index (χ3v) is 4.32. The molecule has 0 saturated carbocycles. The number of thioether (sulfide) groups is 1. The van der Waals surface area contributed by atoms with E-state index in [2.05, 4.69) is 11.4 Å². The molecule has 112 valence electrons. The van der Waals surface area contributed by atoms with Crippen molar-refractivity contribution in [1.29, 1.82) is 5.26 Å². The molecule has 0 unspecified atom stereocenters. The number of nitrogens with zero attached hydrogens (tertiary/aromatic N) is 2. The van der Waals surface area contributed by atoms with Crippen molar-refractivity contribution < 1.29 is 9.90 Å². The SMILES string of the molecule is N#CCSc1ccccc1NC(=O)CN1CCC(O)CC1. The second kappa shape index (κ2) is 8.03. The molecule has 6 heteroatoms. The lowest BCUT2D eigenvalue weighted by Gasteiger charge is -2.28. The number of nitrogens with one attached hydrogen (secondary N) is 1. The minimum Gasteiger partial charge on any atom is -0.393 e. The summed E-state index contributed by atoms with van der Waals surface area (Å²) in [7, 11) is 0. The molecule has 2 rings (SSSR count). The van der Waals surface area contributed by atoms with Gasteiger partial charge < -0.3 is 10.4 Å². The van der Waals surface area contributed by atoms with Gasteiger partial charge in [0.15, 0.2) is 0 Å². The maximum Gasteiger partial charge on any atom is 0.238 e. The maximum absolute atomic E-state index is 12.1. The van der Waals surface area contributed by atoms with Crippen molar-refractivity contribution in [3.63, 3.8) is 0 Å². The number of carbonyl (C=O) groups is 1. The largest absolute Gasteiger partial charge is 0.393 e. The molecule has 1 aliphatic rings. The summed E-state index contributed by atoms with van der Waals surface area (Å²) in [4.78, 5) is 15.1. The average molecular weight is 305 g/mol. The van der Waals surface area contributed by atoms with Gasteiger partial charge in [0.2, 0.25) is 5.91 Å². The van der Waals surface area contributed by atoms with Crippen LogP contribution in [-0.4, -0.2) is 47.4 Å². The van der Waals surface area contributed by atoms with E-state index in [-0.39, 0.29) is 12.0 Å². The van der Waals surface area contributed by atoms with Crippen LogP contribution in [0.25, 0.3) is 0 Å². The number of para-hydroxylation sites is 1. The number of aliphatic hydroxyl groups excluding tert-OH is 1. The number of carbonyl (C=O) groups excluding carboxylic acids is 1. The zero-order valence-corrected chi connectivity index (χ0v) is 12.6. The number of nitriles is 1. The highest BCUT2D eigenvalue weighted by Crippen LogP contribution is 2.26. The second-order valence-corrected chi connectivity index (χ2v) is 6.02. The summed E-state index contributed by atoms with van der Waals surface area (Å²) in [6.45, 7) is 1.84. The van der Waals surface area contributed by atoms with Crippen LogP contribution in [0, 0.1) is 11.3 Å². The average Bonchev–Trinajstić information content (AvgIpc) is 2.49. The Morgan fingerprint density at radius 3 is 2.86 bits per heavy atom. The van der Waals surface area contributed by atoms with Gasteiger partial charge in [0.1, 0.15) is 0 Å². The van der Waals surface area contributed by atoms with Crippen molar-refractivity contribution in [3.8, 4) is 6.07 Å². The number of benzene rings is 1. The molecule has 1 aromatic rings. The van der Waals surface area contributed by atoms with Crippen LogP contribution in [0.3, 0.4) is 0 Å². The smallest absolute Gasteiger partial charge is 0.238 e. The number of rotatable bonds is 5. The number of hydrogen-bond donors (Lipinski definition) is 2. The highest BCUT2D eigenvalue weighted by Gasteiger charge is 2.19. The Balaban J connectivity index is 1.89. The summed E-state index contributed by atoms with van der Waals surface area (Å²) in [6, 6.07) is 9.58. The molecule has 0 aliphatic carbocycles. The lowest BCUT2D eigenvalue weighted by molar-refractivity contribution is -0.117. The Hall–Kier alpha value is -1.55. The quantitative estimate of drug-likeness (QED) is 0.810. The minimum atomic E-state index is -0.229. The van der Waals surface area contributed by atoms with E-state index in [1.807, 2.05) is 29.2 Å². The molecule has 0 atom stereocenters. The molecule has 1 heterocycles. The zero-order chi connectivity index (χ0) is 15.1. The predicted octanol–water partition coefficient (Wildman–Crippen LogP) is 1.70. The van der Waals surface area contributed by atoms with E-state index in [1.165, 1.54) is 11.8 Å². The molecule has 1 fully saturated rings. The van der Waals surface area contributed by atoms with Crippen LogP contribution in [0.2, 0.25) is 0 Å². The lowest BCUT2D eigenvalue weighted by atomic mass is 10.1. The van der Waals surface area contributed by atoms with E-state index in [9.17, 15) is 9.90 Å². The summed E-state index contributed by atoms with van der Waals surface area (Å²) in [6.07, 6.45) is 1.22. The Labute approximate surface area is 128 Å². The van der Waals surface area contributed by atoms with E-state index in [1.54, 1.807) is 0 Å². The molecule has 5 nitrogen and oxygen atoms in total. The number of amides is 1. The van der Waals surface area contributed by atoms with E-state index in [0.29, 0.717) is 12.3 Å². The number of hydrogen-bond acceptors (Lipinski definition) is 5. The van der Waals surface area contributed by atoms with Crippen LogP contribution >= 0.6 is 11.8 Å². The monoisotopic (exact) mass is 305 g/mol. The first-order chi connectivity index (χ1) is 10.2. The van der Waals surface area contributed by atoms with Crippen molar-refractivity contribution in [2.45, 2.75) is 23.8 Å². The van der Waals surface area contributed by atoms with Gasteiger partial charge in [-0.2, -0.15) is 5.26 Å². The Kier molecular flexibility index (Phi) is 6.05. The van der Waals surface area contributed by atoms with Crippen LogP contribution in [-0.2, 0) is 4.79 Å². The van der Waals surface area contributed by atoms with Crippen molar-refractivity contribution in [2.24, 2.45) is 0 Å². The Bertz CT molecular complexity index is 522. The van der Waals surface area contributed by atoms with Crippen LogP contribution in [0.15, 0.2) is 29.2 Å². The fourth-order valence-electron chi connectivity index (χ4n) is 2.28. The summed E-state index contributed by atoms with van der Waals surface area (Å²) in [5.74, 6) is 0.299. The third-order valence-electron chi connectivity index (χ3n) is 3.38. The number of piperidine rings is 1. The summed E-state index contributed by atoms with van der Waals surface area (Å²) in [5, 5.41) is 21.0. The van der Waals surface area contributed by atoms with Crippen LogP contribution in [0.1, 0.15) is 12.8 Å². The Morgan fingerprint density at radius 2 is 2.14 bits per heavy atom. The fraction of sp³-hybridized carbons (Fsp3) is 0.467. The molecule has 2 N–H and O–H groups in total. The van der Waals surface area contributed by atoms with Gasteiger partial charge in [0.05, 0.1) is 30.2 Å². The number of aliphatic hydroxyl groups is 1. The van der Waals surface area contributed by atoms with E-state index in [0.717, 1.165) is 36.5 Å². The summed E-state index contributed by atoms with van der Waals surface area (Å²) in [5.41, 5.74) is 0.750. The van der Waals surface area contributed by atoms with Crippen LogP contribution in [0.4, 0.5) is 5.69 Å². The zero-order valence-electron chi connectivity index (χ0n) is 11.8. The van der Waals surface area contributed by atoms with Gasteiger partial charge in [-0.25, -0.2) is 0 Å². The molecule has 1 aromatic carbocycles. The summed E-state index contributed by atoms with van der Waals surface area (Å²) >= 11 is 1.41. The molecule has 0 radical (unpaired) electrons. The minimum absolute atomic E-state index is 0.0589. The first-order valence-electron chi connectivity index (χ1n) is 6.98. The molecule has 0 spiro atoms. The van der Waals surface area contributed by atoms with E-state index in [4.69, 9.17) is 5.26 Å². The standard InChI is InChI=1S/C15H19N3O2S/c16-7-10-21-14-4-2-1-3-13(14)17-15(20)11-18-8-5-12(19)6-9-18/h1-4,12,19H,5-6,8-11H2,(H,17,20). The molecule has 0 aromatic heterocycles. The number of anilines is 1. The van der Waals surface area contributed by atoms with E-state index >= 15 is 0 Å². The van der Waals surface area contributed by atoms with Crippen LogP contribution in [0.5, 0.6) is 0 Å². The molecule has 21 heavy (non-hydrogen) atoms. The predicted molar refractivity (Wildman–Crippen MR) is 83.1 cm³/mol. The first-order valence-corrected chi connectivity index (χ1v) is 7.96. The van der Waals surface area contributed by atoms with Crippen molar-refractivity contribution in [3.05, 3.63) is 24.3 Å². The summed E-state index contributed by atoms with van der Waals surface area (Å²) < 4.78 is 0. The first kappa shape index (κ1) is 15.8. The van der Waals surface area contributed by atoms with Crippen molar-refractivity contribution >= 4 is 23.4 Å². The third kappa shape index (κ3) is 5.05. The highest BCUT2D eigenvalue weighted by atomic mass is 32.2. The molecule has 0 bridgehead atoms. The van der Waals surface area contributed by atoms with Gasteiger partial charge in [-0.05, 0) is 25.0 Å². The second-order valence-electron chi connectivity index (χ2n) is 5.00.